The van der Waals surface area contributed by atoms with Crippen LogP contribution in [0, 0.1) is 5.92 Å². The van der Waals surface area contributed by atoms with E-state index in [1.165, 1.54) is 0 Å². The summed E-state index contributed by atoms with van der Waals surface area (Å²) in [4.78, 5) is 24.6. The largest absolute Gasteiger partial charge is 0.480 e. The van der Waals surface area contributed by atoms with Crippen LogP contribution in [-0.2, 0) is 19.4 Å². The molecule has 0 aliphatic heterocycles. The van der Waals surface area contributed by atoms with Crippen LogP contribution < -0.4 is 0 Å². The van der Waals surface area contributed by atoms with Crippen LogP contribution in [0.1, 0.15) is 52.9 Å². The van der Waals surface area contributed by atoms with E-state index < -0.39 is 38.8 Å². The van der Waals surface area contributed by atoms with Crippen molar-refractivity contribution in [3.05, 3.63) is 0 Å². The number of hydrogen-bond acceptors (Lipinski definition) is 4. The van der Waals surface area contributed by atoms with Crippen molar-refractivity contribution in [2.75, 3.05) is 13.1 Å². The lowest BCUT2D eigenvalue weighted by molar-refractivity contribution is -0.144. The molecule has 22 heavy (non-hydrogen) atoms. The summed E-state index contributed by atoms with van der Waals surface area (Å²) >= 11 is 0. The number of carboxylic acid groups (broad SMARTS) is 1. The highest BCUT2D eigenvalue weighted by molar-refractivity contribution is 7.93. The third-order valence-electron chi connectivity index (χ3n) is 4.24. The molecule has 0 radical (unpaired) electrons. The maximum atomic E-state index is 12.9. The Bertz CT molecular complexity index is 494. The van der Waals surface area contributed by atoms with E-state index in [1.807, 2.05) is 0 Å². The third kappa shape index (κ3) is 4.44. The lowest BCUT2D eigenvalue weighted by Gasteiger charge is -2.31. The quantitative estimate of drug-likeness (QED) is 0.765. The molecule has 128 valence electrons. The lowest BCUT2D eigenvalue weighted by Crippen LogP contribution is -2.50. The van der Waals surface area contributed by atoms with Crippen molar-refractivity contribution in [1.82, 2.24) is 4.90 Å². The van der Waals surface area contributed by atoms with Crippen LogP contribution in [0.15, 0.2) is 0 Å². The van der Waals surface area contributed by atoms with E-state index in [-0.39, 0.29) is 12.5 Å². The Morgan fingerprint density at radius 3 is 2.14 bits per heavy atom. The van der Waals surface area contributed by atoms with Gasteiger partial charge in [0.1, 0.15) is 11.8 Å². The molecule has 1 aliphatic carbocycles. The molecule has 1 rings (SSSR count). The molecule has 0 saturated heterocycles. The normalized spacial score (nSPS) is 18.2. The second kappa shape index (κ2) is 7.94. The highest BCUT2D eigenvalue weighted by Crippen LogP contribution is 2.29. The third-order valence-corrected chi connectivity index (χ3v) is 7.09. The standard InChI is InChI=1S/C15H27NO5S/c1-4-16(10-13(17)18)15(19)14(11(2)3)22(20,21)12-8-6-5-7-9-12/h11-12,14H,4-10H2,1-3H3,(H,17,18). The SMILES string of the molecule is CCN(CC(=O)O)C(=O)C(C(C)C)S(=O)(=O)C1CCCCC1. The minimum atomic E-state index is -3.60. The fourth-order valence-corrected chi connectivity index (χ4v) is 5.69. The highest BCUT2D eigenvalue weighted by atomic mass is 32.2. The van der Waals surface area contributed by atoms with Gasteiger partial charge in [-0.05, 0) is 25.7 Å². The highest BCUT2D eigenvalue weighted by Gasteiger charge is 2.42. The van der Waals surface area contributed by atoms with Gasteiger partial charge in [-0.25, -0.2) is 8.42 Å². The number of amides is 1. The summed E-state index contributed by atoms with van der Waals surface area (Å²) in [6.45, 7) is 4.80. The first-order chi connectivity index (χ1) is 10.2. The maximum Gasteiger partial charge on any atom is 0.323 e. The molecule has 6 nitrogen and oxygen atoms in total. The summed E-state index contributed by atoms with van der Waals surface area (Å²) in [5.41, 5.74) is 0. The van der Waals surface area contributed by atoms with E-state index in [2.05, 4.69) is 0 Å². The molecule has 0 aromatic heterocycles. The first-order valence-corrected chi connectivity index (χ1v) is 9.56. The van der Waals surface area contributed by atoms with Crippen molar-refractivity contribution in [2.24, 2.45) is 5.92 Å². The molecular weight excluding hydrogens is 306 g/mol. The molecule has 0 spiro atoms. The molecule has 0 aromatic rings. The number of sulfone groups is 1. The zero-order valence-electron chi connectivity index (χ0n) is 13.6. The smallest absolute Gasteiger partial charge is 0.323 e. The van der Waals surface area contributed by atoms with E-state index in [4.69, 9.17) is 5.11 Å². The molecule has 1 fully saturated rings. The Hall–Kier alpha value is -1.11. The van der Waals surface area contributed by atoms with Crippen molar-refractivity contribution >= 4 is 21.7 Å². The Labute approximate surface area is 132 Å². The van der Waals surface area contributed by atoms with Gasteiger partial charge in [-0.1, -0.05) is 33.1 Å². The average Bonchev–Trinajstić information content (AvgIpc) is 2.44. The summed E-state index contributed by atoms with van der Waals surface area (Å²) < 4.78 is 25.8. The van der Waals surface area contributed by atoms with Crippen LogP contribution in [-0.4, -0.2) is 53.9 Å². The van der Waals surface area contributed by atoms with Crippen LogP contribution in [0.3, 0.4) is 0 Å². The van der Waals surface area contributed by atoms with Crippen LogP contribution in [0.4, 0.5) is 0 Å². The molecule has 1 N–H and O–H groups in total. The van der Waals surface area contributed by atoms with Gasteiger partial charge in [0.2, 0.25) is 5.91 Å². The topological polar surface area (TPSA) is 91.8 Å². The Morgan fingerprint density at radius 2 is 1.73 bits per heavy atom. The molecule has 0 bridgehead atoms. The van der Waals surface area contributed by atoms with Crippen molar-refractivity contribution in [2.45, 2.75) is 63.4 Å². The summed E-state index contributed by atoms with van der Waals surface area (Å²) in [6, 6.07) is 0. The number of likely N-dealkylation sites (N-methyl/N-ethyl adjacent to an activating group) is 1. The zero-order chi connectivity index (χ0) is 16.9. The first-order valence-electron chi connectivity index (χ1n) is 7.95. The summed E-state index contributed by atoms with van der Waals surface area (Å²) in [5.74, 6) is -2.08. The lowest BCUT2D eigenvalue weighted by atomic mass is 10.0. The van der Waals surface area contributed by atoms with E-state index in [9.17, 15) is 18.0 Å². The van der Waals surface area contributed by atoms with Gasteiger partial charge < -0.3 is 10.0 Å². The summed E-state index contributed by atoms with van der Waals surface area (Å²) in [7, 11) is -3.60. The van der Waals surface area contributed by atoms with Crippen LogP contribution in [0.2, 0.25) is 0 Å². The van der Waals surface area contributed by atoms with Crippen LogP contribution in [0.25, 0.3) is 0 Å². The van der Waals surface area contributed by atoms with Gasteiger partial charge >= 0.3 is 5.97 Å². The van der Waals surface area contributed by atoms with Crippen LogP contribution in [0.5, 0.6) is 0 Å². The predicted octanol–water partition coefficient (Wildman–Crippen LogP) is 1.69. The number of hydrogen-bond donors (Lipinski definition) is 1. The number of carboxylic acids is 1. The van der Waals surface area contributed by atoms with Crippen LogP contribution >= 0.6 is 0 Å². The zero-order valence-corrected chi connectivity index (χ0v) is 14.4. The Morgan fingerprint density at radius 1 is 1.18 bits per heavy atom. The molecule has 0 heterocycles. The van der Waals surface area contributed by atoms with Gasteiger partial charge in [-0.2, -0.15) is 0 Å². The minimum Gasteiger partial charge on any atom is -0.480 e. The molecule has 1 unspecified atom stereocenters. The van der Waals surface area contributed by atoms with Gasteiger partial charge in [-0.15, -0.1) is 0 Å². The Balaban J connectivity index is 3.05. The second-order valence-corrected chi connectivity index (χ2v) is 8.61. The molecule has 1 atom stereocenters. The van der Waals surface area contributed by atoms with E-state index in [0.717, 1.165) is 24.2 Å². The van der Waals surface area contributed by atoms with Crippen molar-refractivity contribution in [3.8, 4) is 0 Å². The van der Waals surface area contributed by atoms with Crippen molar-refractivity contribution in [1.29, 1.82) is 0 Å². The van der Waals surface area contributed by atoms with Gasteiger partial charge in [0.15, 0.2) is 9.84 Å². The van der Waals surface area contributed by atoms with Gasteiger partial charge in [0.05, 0.1) is 5.25 Å². The van der Waals surface area contributed by atoms with Gasteiger partial charge in [0, 0.05) is 6.54 Å². The number of carbonyl (C=O) groups excluding carboxylic acids is 1. The number of aliphatic carboxylic acids is 1. The van der Waals surface area contributed by atoms with Gasteiger partial charge in [-0.3, -0.25) is 9.59 Å². The maximum absolute atomic E-state index is 12.9. The summed E-state index contributed by atoms with van der Waals surface area (Å²) in [6.07, 6.45) is 3.98. The van der Waals surface area contributed by atoms with E-state index in [0.29, 0.717) is 12.8 Å². The predicted molar refractivity (Wildman–Crippen MR) is 84.3 cm³/mol. The monoisotopic (exact) mass is 333 g/mol. The van der Waals surface area contributed by atoms with E-state index >= 15 is 0 Å². The molecule has 7 heteroatoms. The Kier molecular flexibility index (Phi) is 6.84. The average molecular weight is 333 g/mol. The molecule has 1 amide bonds. The van der Waals surface area contributed by atoms with E-state index in [1.54, 1.807) is 20.8 Å². The van der Waals surface area contributed by atoms with Crippen molar-refractivity contribution < 1.29 is 23.1 Å². The fraction of sp³-hybridized carbons (Fsp3) is 0.867. The number of rotatable bonds is 7. The number of nitrogens with zero attached hydrogens (tertiary/aromatic N) is 1. The minimum absolute atomic E-state index is 0.189. The summed E-state index contributed by atoms with van der Waals surface area (Å²) in [5, 5.41) is 7.28. The van der Waals surface area contributed by atoms with Gasteiger partial charge in [0.25, 0.3) is 0 Å². The molecule has 1 aliphatic rings. The fourth-order valence-electron chi connectivity index (χ4n) is 3.09. The first kappa shape index (κ1) is 18.9. The number of carbonyl (C=O) groups is 2. The van der Waals surface area contributed by atoms with Crippen molar-refractivity contribution in [3.63, 3.8) is 0 Å². The molecular formula is C15H27NO5S. The second-order valence-electron chi connectivity index (χ2n) is 6.26. The molecule has 1 saturated carbocycles. The molecule has 0 aromatic carbocycles.